The van der Waals surface area contributed by atoms with Crippen LogP contribution in [-0.4, -0.2) is 54.1 Å². The molecule has 0 spiro atoms. The Hall–Kier alpha value is -1.25. The van der Waals surface area contributed by atoms with E-state index in [1.807, 2.05) is 0 Å². The molecule has 5 heteroatoms. The van der Waals surface area contributed by atoms with Crippen molar-refractivity contribution in [3.8, 4) is 11.8 Å². The topological polar surface area (TPSA) is 59.0 Å². The molecule has 0 saturated carbocycles. The summed E-state index contributed by atoms with van der Waals surface area (Å²) >= 11 is 0. The number of likely N-dealkylation sites (tertiary alicyclic amines) is 1. The van der Waals surface area contributed by atoms with Gasteiger partial charge in [-0.05, 0) is 20.8 Å². The van der Waals surface area contributed by atoms with E-state index < -0.39 is 17.3 Å². The van der Waals surface area contributed by atoms with Crippen molar-refractivity contribution in [2.24, 2.45) is 0 Å². The van der Waals surface area contributed by atoms with Gasteiger partial charge in [0.15, 0.2) is 5.60 Å². The van der Waals surface area contributed by atoms with Crippen molar-refractivity contribution >= 4 is 6.09 Å². The van der Waals surface area contributed by atoms with Crippen molar-refractivity contribution < 1.29 is 19.4 Å². The molecule has 1 rings (SSSR count). The molecule has 0 aromatic rings. The average Bonchev–Trinajstić information content (AvgIpc) is 2.11. The van der Waals surface area contributed by atoms with Crippen molar-refractivity contribution in [1.82, 2.24) is 4.90 Å². The van der Waals surface area contributed by atoms with Gasteiger partial charge in [0.25, 0.3) is 0 Å². The molecule has 1 aliphatic rings. The van der Waals surface area contributed by atoms with E-state index in [2.05, 4.69) is 11.8 Å². The molecule has 0 aromatic heterocycles. The summed E-state index contributed by atoms with van der Waals surface area (Å²) in [6.45, 7) is 6.03. The van der Waals surface area contributed by atoms with E-state index >= 15 is 0 Å². The number of methoxy groups -OCH3 is 1. The molecule has 0 aromatic carbocycles. The molecule has 1 heterocycles. The molecule has 17 heavy (non-hydrogen) atoms. The van der Waals surface area contributed by atoms with Crippen LogP contribution in [0.1, 0.15) is 20.8 Å². The maximum atomic E-state index is 11.6. The zero-order chi connectivity index (χ0) is 13.1. The van der Waals surface area contributed by atoms with Crippen LogP contribution in [0.4, 0.5) is 4.79 Å². The van der Waals surface area contributed by atoms with Crippen LogP contribution in [0.2, 0.25) is 0 Å². The minimum Gasteiger partial charge on any atom is -0.444 e. The molecule has 0 bridgehead atoms. The van der Waals surface area contributed by atoms with Crippen LogP contribution in [0.5, 0.6) is 0 Å². The Morgan fingerprint density at radius 3 is 2.53 bits per heavy atom. The zero-order valence-electron chi connectivity index (χ0n) is 10.7. The Bertz CT molecular complexity index is 342. The van der Waals surface area contributed by atoms with Crippen molar-refractivity contribution in [2.75, 3.05) is 26.8 Å². The van der Waals surface area contributed by atoms with Gasteiger partial charge < -0.3 is 19.5 Å². The zero-order valence-corrected chi connectivity index (χ0v) is 10.7. The number of amides is 1. The highest BCUT2D eigenvalue weighted by Crippen LogP contribution is 2.22. The molecular formula is C12H19NO4. The molecule has 1 fully saturated rings. The fourth-order valence-corrected chi connectivity index (χ4v) is 1.39. The lowest BCUT2D eigenvalue weighted by Crippen LogP contribution is -2.63. The monoisotopic (exact) mass is 241 g/mol. The van der Waals surface area contributed by atoms with Gasteiger partial charge >= 0.3 is 6.09 Å². The third kappa shape index (κ3) is 4.25. The van der Waals surface area contributed by atoms with Crippen LogP contribution in [0.15, 0.2) is 0 Å². The van der Waals surface area contributed by atoms with Gasteiger partial charge in [0.05, 0.1) is 13.1 Å². The van der Waals surface area contributed by atoms with Gasteiger partial charge in [-0.2, -0.15) is 0 Å². The molecule has 0 atom stereocenters. The molecule has 1 amide bonds. The van der Waals surface area contributed by atoms with E-state index in [4.69, 9.17) is 9.47 Å². The average molecular weight is 241 g/mol. The van der Waals surface area contributed by atoms with Crippen molar-refractivity contribution in [3.05, 3.63) is 0 Å². The van der Waals surface area contributed by atoms with Crippen molar-refractivity contribution in [3.63, 3.8) is 0 Å². The highest BCUT2D eigenvalue weighted by Gasteiger charge is 2.44. The molecule has 5 nitrogen and oxygen atoms in total. The normalized spacial score (nSPS) is 17.8. The molecule has 1 aliphatic heterocycles. The summed E-state index contributed by atoms with van der Waals surface area (Å²) in [6.07, 6.45) is -0.421. The van der Waals surface area contributed by atoms with E-state index in [1.165, 1.54) is 12.0 Å². The Morgan fingerprint density at radius 2 is 2.06 bits per heavy atom. The first-order valence-corrected chi connectivity index (χ1v) is 5.45. The first-order valence-electron chi connectivity index (χ1n) is 5.45. The van der Waals surface area contributed by atoms with E-state index in [1.54, 1.807) is 20.8 Å². The highest BCUT2D eigenvalue weighted by molar-refractivity contribution is 5.70. The molecular weight excluding hydrogens is 222 g/mol. The molecule has 1 N–H and O–H groups in total. The van der Waals surface area contributed by atoms with Gasteiger partial charge in [0, 0.05) is 7.11 Å². The number of aliphatic hydroxyl groups is 1. The summed E-state index contributed by atoms with van der Waals surface area (Å²) < 4.78 is 9.92. The van der Waals surface area contributed by atoms with E-state index in [9.17, 15) is 9.90 Å². The number of ether oxygens (including phenoxy) is 2. The standard InChI is InChI=1S/C12H19NO4/c1-11(2,3)17-10(14)13-8-12(15,9-13)6-5-7-16-4/h15H,7-9H2,1-4H3. The highest BCUT2D eigenvalue weighted by atomic mass is 16.6. The lowest BCUT2D eigenvalue weighted by Gasteiger charge is -2.43. The second-order valence-corrected chi connectivity index (χ2v) is 5.10. The van der Waals surface area contributed by atoms with E-state index in [0.29, 0.717) is 0 Å². The maximum absolute atomic E-state index is 11.6. The van der Waals surface area contributed by atoms with E-state index in [-0.39, 0.29) is 19.7 Å². The number of carbonyl (C=O) groups is 1. The van der Waals surface area contributed by atoms with Gasteiger partial charge in [-0.3, -0.25) is 0 Å². The number of hydrogen-bond donors (Lipinski definition) is 1. The lowest BCUT2D eigenvalue weighted by atomic mass is 9.95. The number of hydrogen-bond acceptors (Lipinski definition) is 4. The second kappa shape index (κ2) is 4.94. The maximum Gasteiger partial charge on any atom is 0.410 e. The first kappa shape index (κ1) is 13.8. The van der Waals surface area contributed by atoms with Gasteiger partial charge in [-0.1, -0.05) is 11.8 Å². The lowest BCUT2D eigenvalue weighted by molar-refractivity contribution is -0.0638. The third-order valence-corrected chi connectivity index (χ3v) is 2.09. The van der Waals surface area contributed by atoms with Gasteiger partial charge in [0.1, 0.15) is 12.2 Å². The third-order valence-electron chi connectivity index (χ3n) is 2.09. The number of β-amino-alcohol motifs (C(OH)–C–C–N with tert-alkyl or cyclic N) is 1. The van der Waals surface area contributed by atoms with E-state index in [0.717, 1.165) is 0 Å². The Labute approximate surface area is 102 Å². The van der Waals surface area contributed by atoms with Crippen molar-refractivity contribution in [2.45, 2.75) is 32.0 Å². The predicted molar refractivity (Wildman–Crippen MR) is 62.4 cm³/mol. The molecule has 0 unspecified atom stereocenters. The minimum absolute atomic E-state index is 0.179. The molecule has 0 aliphatic carbocycles. The molecule has 1 saturated heterocycles. The molecule has 96 valence electrons. The van der Waals surface area contributed by atoms with Gasteiger partial charge in [0.2, 0.25) is 0 Å². The summed E-state index contributed by atoms with van der Waals surface area (Å²) in [4.78, 5) is 13.0. The van der Waals surface area contributed by atoms with Gasteiger partial charge in [-0.15, -0.1) is 0 Å². The van der Waals surface area contributed by atoms with Gasteiger partial charge in [-0.25, -0.2) is 4.79 Å². The number of rotatable bonds is 1. The fraction of sp³-hybridized carbons (Fsp3) is 0.750. The first-order chi connectivity index (χ1) is 7.76. The number of nitrogens with zero attached hydrogens (tertiary/aromatic N) is 1. The Morgan fingerprint density at radius 1 is 1.47 bits per heavy atom. The smallest absolute Gasteiger partial charge is 0.410 e. The van der Waals surface area contributed by atoms with Crippen LogP contribution < -0.4 is 0 Å². The van der Waals surface area contributed by atoms with Crippen molar-refractivity contribution in [1.29, 1.82) is 0 Å². The van der Waals surface area contributed by atoms with Crippen LogP contribution in [-0.2, 0) is 9.47 Å². The van der Waals surface area contributed by atoms with Crippen LogP contribution in [0.3, 0.4) is 0 Å². The minimum atomic E-state index is -1.12. The molecule has 0 radical (unpaired) electrons. The predicted octanol–water partition coefficient (Wildman–Crippen LogP) is 0.618. The summed E-state index contributed by atoms with van der Waals surface area (Å²) in [5.74, 6) is 5.36. The van der Waals surface area contributed by atoms with Crippen LogP contribution >= 0.6 is 0 Å². The van der Waals surface area contributed by atoms with Crippen LogP contribution in [0, 0.1) is 11.8 Å². The second-order valence-electron chi connectivity index (χ2n) is 5.10. The summed E-state index contributed by atoms with van der Waals surface area (Å²) in [6, 6.07) is 0. The quantitative estimate of drug-likeness (QED) is 0.684. The SMILES string of the molecule is COCC#CC1(O)CN(C(=O)OC(C)(C)C)C1. The summed E-state index contributed by atoms with van der Waals surface area (Å²) in [5, 5.41) is 9.88. The Balaban J connectivity index is 2.41. The number of carbonyl (C=O) groups excluding carboxylic acids is 1. The van der Waals surface area contributed by atoms with Crippen LogP contribution in [0.25, 0.3) is 0 Å². The fourth-order valence-electron chi connectivity index (χ4n) is 1.39. The summed E-state index contributed by atoms with van der Waals surface area (Å²) in [7, 11) is 1.53. The Kier molecular flexibility index (Phi) is 4.02. The summed E-state index contributed by atoms with van der Waals surface area (Å²) in [5.41, 5.74) is -1.64. The largest absolute Gasteiger partial charge is 0.444 e.